The molecule has 7 heteroatoms. The molecule has 3 rings (SSSR count). The highest BCUT2D eigenvalue weighted by molar-refractivity contribution is 6.17. The van der Waals surface area contributed by atoms with Gasteiger partial charge >= 0.3 is 11.9 Å². The molecule has 0 saturated heterocycles. The van der Waals surface area contributed by atoms with Crippen LogP contribution in [0, 0.1) is 5.82 Å². The van der Waals surface area contributed by atoms with Crippen molar-refractivity contribution in [3.8, 4) is 0 Å². The summed E-state index contributed by atoms with van der Waals surface area (Å²) in [5.74, 6) is -2.94. The number of halogens is 1. The van der Waals surface area contributed by atoms with E-state index in [0.717, 1.165) is 0 Å². The smallest absolute Gasteiger partial charge is 0.334 e. The van der Waals surface area contributed by atoms with Crippen LogP contribution in [0.4, 0.5) is 10.1 Å². The number of aliphatic carboxylic acids is 2. The highest BCUT2D eigenvalue weighted by Gasteiger charge is 2.55. The highest BCUT2D eigenvalue weighted by Crippen LogP contribution is 2.35. The third-order valence-corrected chi connectivity index (χ3v) is 4.16. The van der Waals surface area contributed by atoms with Crippen LogP contribution in [-0.2, 0) is 9.59 Å². The summed E-state index contributed by atoms with van der Waals surface area (Å²) >= 11 is 0. The molecule has 1 unspecified atom stereocenters. The van der Waals surface area contributed by atoms with Crippen LogP contribution in [0.3, 0.4) is 0 Å². The number of carboxylic acid groups (broad SMARTS) is 2. The van der Waals surface area contributed by atoms with Gasteiger partial charge in [0.05, 0.1) is 0 Å². The molecule has 2 aromatic rings. The molecule has 6 nitrogen and oxygen atoms in total. The molecular formula is C18H15FN2O4. The quantitative estimate of drug-likeness (QED) is 0.890. The summed E-state index contributed by atoms with van der Waals surface area (Å²) in [5.41, 5.74) is -0.963. The number of rotatable bonds is 4. The van der Waals surface area contributed by atoms with Crippen LogP contribution in [0.2, 0.25) is 0 Å². The van der Waals surface area contributed by atoms with E-state index in [4.69, 9.17) is 0 Å². The Morgan fingerprint density at radius 2 is 1.68 bits per heavy atom. The van der Waals surface area contributed by atoms with E-state index < -0.39 is 29.3 Å². The normalized spacial score (nSPS) is 22.6. The van der Waals surface area contributed by atoms with Crippen LogP contribution in [0.1, 0.15) is 12.5 Å². The lowest BCUT2D eigenvalue weighted by Gasteiger charge is -2.30. The van der Waals surface area contributed by atoms with Gasteiger partial charge in [0.15, 0.2) is 11.6 Å². The number of anilines is 1. The van der Waals surface area contributed by atoms with Gasteiger partial charge in [0.1, 0.15) is 11.7 Å². The topological polar surface area (TPSA) is 90.2 Å². The lowest BCUT2D eigenvalue weighted by molar-refractivity contribution is -0.149. The number of benzene rings is 2. The SMILES string of the molecule is C[C@]1(C(=O)O)N=C(c2ccccc2)N(c2ccc(F)cc2)C1C(=O)O. The minimum absolute atomic E-state index is 0.213. The van der Waals surface area contributed by atoms with Crippen LogP contribution in [0.5, 0.6) is 0 Å². The summed E-state index contributed by atoms with van der Waals surface area (Å²) in [5, 5.41) is 19.3. The van der Waals surface area contributed by atoms with Crippen molar-refractivity contribution in [3.05, 3.63) is 66.0 Å². The maximum Gasteiger partial charge on any atom is 0.334 e. The summed E-state index contributed by atoms with van der Waals surface area (Å²) in [6, 6.07) is 12.4. The second-order valence-electron chi connectivity index (χ2n) is 5.84. The molecule has 2 aromatic carbocycles. The summed E-state index contributed by atoms with van der Waals surface area (Å²) in [6.07, 6.45) is 0. The van der Waals surface area contributed by atoms with Gasteiger partial charge in [0.2, 0.25) is 0 Å². The van der Waals surface area contributed by atoms with Gasteiger partial charge in [0, 0.05) is 11.3 Å². The number of hydrogen-bond acceptors (Lipinski definition) is 4. The summed E-state index contributed by atoms with van der Waals surface area (Å²) in [6.45, 7) is 1.26. The largest absolute Gasteiger partial charge is 0.480 e. The van der Waals surface area contributed by atoms with E-state index in [1.165, 1.54) is 36.1 Å². The molecule has 128 valence electrons. The van der Waals surface area contributed by atoms with E-state index in [-0.39, 0.29) is 5.84 Å². The second kappa shape index (κ2) is 6.01. The fourth-order valence-electron chi connectivity index (χ4n) is 2.89. The zero-order chi connectivity index (χ0) is 18.2. The van der Waals surface area contributed by atoms with E-state index in [0.29, 0.717) is 11.3 Å². The molecule has 0 saturated carbocycles. The molecule has 0 spiro atoms. The number of carbonyl (C=O) groups is 2. The lowest BCUT2D eigenvalue weighted by atomic mass is 9.93. The van der Waals surface area contributed by atoms with Crippen molar-refractivity contribution in [2.45, 2.75) is 18.5 Å². The number of hydrogen-bond donors (Lipinski definition) is 2. The number of nitrogens with zero attached hydrogens (tertiary/aromatic N) is 2. The first-order valence-electron chi connectivity index (χ1n) is 7.51. The minimum Gasteiger partial charge on any atom is -0.480 e. The molecule has 0 aromatic heterocycles. The average Bonchev–Trinajstić information content (AvgIpc) is 2.91. The second-order valence-corrected chi connectivity index (χ2v) is 5.84. The van der Waals surface area contributed by atoms with Crippen molar-refractivity contribution < 1.29 is 24.2 Å². The Hall–Kier alpha value is -3.22. The van der Waals surface area contributed by atoms with Crippen LogP contribution in [-0.4, -0.2) is 39.6 Å². The predicted octanol–water partition coefficient (Wildman–Crippen LogP) is 2.39. The Morgan fingerprint density at radius 3 is 2.20 bits per heavy atom. The van der Waals surface area contributed by atoms with Crippen LogP contribution in [0.15, 0.2) is 59.6 Å². The van der Waals surface area contributed by atoms with Crippen LogP contribution < -0.4 is 4.90 Å². The summed E-state index contributed by atoms with van der Waals surface area (Å²) < 4.78 is 13.3. The molecule has 0 amide bonds. The predicted molar refractivity (Wildman–Crippen MR) is 89.3 cm³/mol. The molecule has 0 bridgehead atoms. The highest BCUT2D eigenvalue weighted by atomic mass is 19.1. The number of carboxylic acids is 2. The zero-order valence-corrected chi connectivity index (χ0v) is 13.3. The molecule has 1 heterocycles. The van der Waals surface area contributed by atoms with E-state index in [1.807, 2.05) is 0 Å². The molecule has 0 aliphatic carbocycles. The van der Waals surface area contributed by atoms with E-state index in [1.54, 1.807) is 30.3 Å². The fraction of sp³-hybridized carbons (Fsp3) is 0.167. The standard InChI is InChI=1S/C18H15FN2O4/c1-18(17(24)25)14(16(22)23)21(13-9-7-12(19)8-10-13)15(20-18)11-5-3-2-4-6-11/h2-10,14H,1H3,(H,22,23)(H,24,25)/t14?,18-/m0/s1. The van der Waals surface area contributed by atoms with E-state index in [2.05, 4.69) is 4.99 Å². The lowest BCUT2D eigenvalue weighted by Crippen LogP contribution is -2.54. The van der Waals surface area contributed by atoms with Crippen molar-refractivity contribution in [1.29, 1.82) is 0 Å². The van der Waals surface area contributed by atoms with Gasteiger partial charge in [-0.2, -0.15) is 0 Å². The maximum atomic E-state index is 13.3. The fourth-order valence-corrected chi connectivity index (χ4v) is 2.89. The van der Waals surface area contributed by atoms with Gasteiger partial charge in [-0.05, 0) is 31.2 Å². The van der Waals surface area contributed by atoms with Crippen molar-refractivity contribution in [2.24, 2.45) is 4.99 Å². The molecule has 0 radical (unpaired) electrons. The molecule has 2 N–H and O–H groups in total. The Balaban J connectivity index is 2.22. The molecule has 0 fully saturated rings. The van der Waals surface area contributed by atoms with Gasteiger partial charge < -0.3 is 15.1 Å². The van der Waals surface area contributed by atoms with Crippen molar-refractivity contribution in [2.75, 3.05) is 4.90 Å². The number of aliphatic imine (C=N–C) groups is 1. The van der Waals surface area contributed by atoms with Gasteiger partial charge in [-0.1, -0.05) is 30.3 Å². The maximum absolute atomic E-state index is 13.3. The summed E-state index contributed by atoms with van der Waals surface area (Å²) in [4.78, 5) is 29.3. The van der Waals surface area contributed by atoms with Gasteiger partial charge in [0.25, 0.3) is 0 Å². The Bertz CT molecular complexity index is 851. The third kappa shape index (κ3) is 2.73. The average molecular weight is 342 g/mol. The van der Waals surface area contributed by atoms with E-state index in [9.17, 15) is 24.2 Å². The van der Waals surface area contributed by atoms with E-state index >= 15 is 0 Å². The first-order valence-corrected chi connectivity index (χ1v) is 7.51. The molecule has 1 aliphatic heterocycles. The van der Waals surface area contributed by atoms with Gasteiger partial charge in [-0.3, -0.25) is 0 Å². The molecule has 25 heavy (non-hydrogen) atoms. The Kier molecular flexibility index (Phi) is 4.00. The van der Waals surface area contributed by atoms with Gasteiger partial charge in [-0.15, -0.1) is 0 Å². The first kappa shape index (κ1) is 16.6. The zero-order valence-electron chi connectivity index (χ0n) is 13.3. The van der Waals surface area contributed by atoms with Crippen LogP contribution in [0.25, 0.3) is 0 Å². The Morgan fingerprint density at radius 1 is 1.08 bits per heavy atom. The van der Waals surface area contributed by atoms with Crippen molar-refractivity contribution in [1.82, 2.24) is 0 Å². The third-order valence-electron chi connectivity index (χ3n) is 4.16. The van der Waals surface area contributed by atoms with Crippen molar-refractivity contribution in [3.63, 3.8) is 0 Å². The van der Waals surface area contributed by atoms with Gasteiger partial charge in [-0.25, -0.2) is 19.0 Å². The molecular weight excluding hydrogens is 327 g/mol. The minimum atomic E-state index is -1.88. The monoisotopic (exact) mass is 342 g/mol. The van der Waals surface area contributed by atoms with Crippen molar-refractivity contribution >= 4 is 23.5 Å². The summed E-state index contributed by atoms with van der Waals surface area (Å²) in [7, 11) is 0. The van der Waals surface area contributed by atoms with Crippen LogP contribution >= 0.6 is 0 Å². The Labute approximate surface area is 142 Å². The molecule has 2 atom stereocenters. The number of amidine groups is 1. The first-order chi connectivity index (χ1) is 11.8. The molecule has 1 aliphatic rings.